The van der Waals surface area contributed by atoms with Crippen LogP contribution in [0.15, 0.2) is 48.5 Å². The molecule has 24 heavy (non-hydrogen) atoms. The highest BCUT2D eigenvalue weighted by molar-refractivity contribution is 5.99. The van der Waals surface area contributed by atoms with Crippen LogP contribution < -0.4 is 10.6 Å². The number of benzene rings is 2. The fraction of sp³-hybridized carbons (Fsp3) is 0.211. The Bertz CT molecular complexity index is 764. The summed E-state index contributed by atoms with van der Waals surface area (Å²) in [6.07, 6.45) is 0.701. The van der Waals surface area contributed by atoms with Crippen molar-refractivity contribution in [3.8, 4) is 6.07 Å². The number of nitrogens with one attached hydrogen (secondary N) is 2. The number of rotatable bonds is 7. The van der Waals surface area contributed by atoms with Gasteiger partial charge in [-0.05, 0) is 43.7 Å². The van der Waals surface area contributed by atoms with Gasteiger partial charge in [0.2, 0.25) is 0 Å². The largest absolute Gasteiger partial charge is 0.384 e. The quantitative estimate of drug-likeness (QED) is 0.607. The molecule has 122 valence electrons. The summed E-state index contributed by atoms with van der Waals surface area (Å²) in [4.78, 5) is 23.5. The van der Waals surface area contributed by atoms with Crippen LogP contribution in [0, 0.1) is 11.3 Å². The zero-order valence-electron chi connectivity index (χ0n) is 13.5. The fourth-order valence-electron chi connectivity index (χ4n) is 2.27. The van der Waals surface area contributed by atoms with Gasteiger partial charge in [0.05, 0.1) is 11.6 Å². The van der Waals surface area contributed by atoms with Crippen molar-refractivity contribution in [3.05, 3.63) is 65.2 Å². The number of anilines is 1. The number of carbonyl (C=O) groups excluding carboxylic acids is 2. The van der Waals surface area contributed by atoms with E-state index in [0.717, 1.165) is 0 Å². The van der Waals surface area contributed by atoms with Gasteiger partial charge >= 0.3 is 0 Å². The molecule has 2 rings (SSSR count). The van der Waals surface area contributed by atoms with Crippen LogP contribution in [0.5, 0.6) is 0 Å². The molecule has 2 aromatic rings. The molecule has 0 bridgehead atoms. The van der Waals surface area contributed by atoms with Gasteiger partial charge in [0, 0.05) is 29.9 Å². The number of nitrogens with zero attached hydrogens (tertiary/aromatic N) is 1. The zero-order chi connectivity index (χ0) is 17.4. The highest BCUT2D eigenvalue weighted by Gasteiger charge is 2.08. The Morgan fingerprint density at radius 2 is 1.83 bits per heavy atom. The fourth-order valence-corrected chi connectivity index (χ4v) is 2.27. The average molecular weight is 321 g/mol. The predicted octanol–water partition coefficient (Wildman–Crippen LogP) is 2.99. The molecule has 5 heteroatoms. The van der Waals surface area contributed by atoms with Gasteiger partial charge in [-0.3, -0.25) is 9.59 Å². The molecule has 0 fully saturated rings. The molecule has 0 spiro atoms. The van der Waals surface area contributed by atoms with Gasteiger partial charge in [-0.15, -0.1) is 0 Å². The first kappa shape index (κ1) is 17.2. The Kier molecular flexibility index (Phi) is 6.09. The molecular formula is C19H19N3O2. The summed E-state index contributed by atoms with van der Waals surface area (Å²) in [5.41, 5.74) is 2.34. The van der Waals surface area contributed by atoms with Crippen LogP contribution >= 0.6 is 0 Å². The lowest BCUT2D eigenvalue weighted by atomic mass is 10.1. The number of carbonyl (C=O) groups is 2. The predicted molar refractivity (Wildman–Crippen MR) is 93.0 cm³/mol. The molecule has 1 amide bonds. The molecule has 0 aromatic heterocycles. The molecule has 2 aromatic carbocycles. The maximum absolute atomic E-state index is 11.9. The summed E-state index contributed by atoms with van der Waals surface area (Å²) in [5.74, 6) is -0.161. The standard InChI is InChI=1S/C19H19N3O2/c1-14(23)17-9-8-15(13-20)12-18(17)21-10-5-11-22-19(24)16-6-3-2-4-7-16/h2-4,6-9,12,21H,5,10-11H2,1H3,(H,22,24). The monoisotopic (exact) mass is 321 g/mol. The molecule has 0 saturated heterocycles. The maximum Gasteiger partial charge on any atom is 0.251 e. The van der Waals surface area contributed by atoms with Gasteiger partial charge in [0.15, 0.2) is 5.78 Å². The van der Waals surface area contributed by atoms with Crippen LogP contribution in [0.3, 0.4) is 0 Å². The number of nitriles is 1. The van der Waals surface area contributed by atoms with Gasteiger partial charge in [-0.2, -0.15) is 5.26 Å². The minimum Gasteiger partial charge on any atom is -0.384 e. The van der Waals surface area contributed by atoms with E-state index in [4.69, 9.17) is 5.26 Å². The third-order valence-electron chi connectivity index (χ3n) is 3.52. The van der Waals surface area contributed by atoms with Crippen LogP contribution in [0.4, 0.5) is 5.69 Å². The van der Waals surface area contributed by atoms with Crippen LogP contribution in [-0.2, 0) is 0 Å². The van der Waals surface area contributed by atoms with Crippen LogP contribution in [0.2, 0.25) is 0 Å². The minimum absolute atomic E-state index is 0.0561. The van der Waals surface area contributed by atoms with E-state index in [1.54, 1.807) is 30.3 Å². The number of ketones is 1. The van der Waals surface area contributed by atoms with E-state index >= 15 is 0 Å². The third kappa shape index (κ3) is 4.68. The lowest BCUT2D eigenvalue weighted by molar-refractivity contribution is 0.0952. The van der Waals surface area contributed by atoms with Gasteiger partial charge in [-0.25, -0.2) is 0 Å². The molecule has 5 nitrogen and oxygen atoms in total. The van der Waals surface area contributed by atoms with Crippen molar-refractivity contribution in [1.82, 2.24) is 5.32 Å². The van der Waals surface area contributed by atoms with Crippen molar-refractivity contribution in [2.45, 2.75) is 13.3 Å². The normalized spacial score (nSPS) is 9.83. The highest BCUT2D eigenvalue weighted by atomic mass is 16.1. The lowest BCUT2D eigenvalue weighted by Crippen LogP contribution is -2.25. The minimum atomic E-state index is -0.105. The van der Waals surface area contributed by atoms with Gasteiger partial charge in [-0.1, -0.05) is 18.2 Å². The van der Waals surface area contributed by atoms with Crippen molar-refractivity contribution in [1.29, 1.82) is 5.26 Å². The molecule has 2 N–H and O–H groups in total. The first-order chi connectivity index (χ1) is 11.6. The van der Waals surface area contributed by atoms with E-state index < -0.39 is 0 Å². The van der Waals surface area contributed by atoms with E-state index in [1.807, 2.05) is 18.2 Å². The maximum atomic E-state index is 11.9. The van der Waals surface area contributed by atoms with Gasteiger partial charge in [0.1, 0.15) is 0 Å². The second-order valence-corrected chi connectivity index (χ2v) is 5.33. The summed E-state index contributed by atoms with van der Waals surface area (Å²) in [6, 6.07) is 16.0. The average Bonchev–Trinajstić information content (AvgIpc) is 2.61. The van der Waals surface area contributed by atoms with Gasteiger partial charge in [0.25, 0.3) is 5.91 Å². The number of hydrogen-bond acceptors (Lipinski definition) is 4. The van der Waals surface area contributed by atoms with Crippen molar-refractivity contribution in [2.24, 2.45) is 0 Å². The molecule has 0 aliphatic rings. The van der Waals surface area contributed by atoms with Crippen LogP contribution in [-0.4, -0.2) is 24.8 Å². The second-order valence-electron chi connectivity index (χ2n) is 5.33. The first-order valence-corrected chi connectivity index (χ1v) is 7.74. The molecule has 0 aliphatic heterocycles. The lowest BCUT2D eigenvalue weighted by Gasteiger charge is -2.11. The number of amides is 1. The highest BCUT2D eigenvalue weighted by Crippen LogP contribution is 2.18. The number of Topliss-reactive ketones (excluding diaryl/α,β-unsaturated/α-hetero) is 1. The molecule has 0 radical (unpaired) electrons. The summed E-state index contributed by atoms with van der Waals surface area (Å²) in [6.45, 7) is 2.60. The van der Waals surface area contributed by atoms with Crippen molar-refractivity contribution < 1.29 is 9.59 Å². The molecule has 0 saturated carbocycles. The van der Waals surface area contributed by atoms with E-state index in [9.17, 15) is 9.59 Å². The SMILES string of the molecule is CC(=O)c1ccc(C#N)cc1NCCCNC(=O)c1ccccc1. The van der Waals surface area contributed by atoms with Crippen molar-refractivity contribution >= 4 is 17.4 Å². The second kappa shape index (κ2) is 8.49. The van der Waals surface area contributed by atoms with E-state index in [-0.39, 0.29) is 11.7 Å². The molecule has 0 atom stereocenters. The number of hydrogen-bond donors (Lipinski definition) is 2. The Labute approximate surface area is 141 Å². The Hall–Kier alpha value is -3.13. The zero-order valence-corrected chi connectivity index (χ0v) is 13.5. The molecular weight excluding hydrogens is 302 g/mol. The summed E-state index contributed by atoms with van der Waals surface area (Å²) < 4.78 is 0. The van der Waals surface area contributed by atoms with Crippen LogP contribution in [0.25, 0.3) is 0 Å². The molecule has 0 unspecified atom stereocenters. The Balaban J connectivity index is 1.83. The van der Waals surface area contributed by atoms with Crippen molar-refractivity contribution in [3.63, 3.8) is 0 Å². The topological polar surface area (TPSA) is 82.0 Å². The first-order valence-electron chi connectivity index (χ1n) is 7.74. The summed E-state index contributed by atoms with van der Waals surface area (Å²) in [5, 5.41) is 15.0. The summed E-state index contributed by atoms with van der Waals surface area (Å²) in [7, 11) is 0. The smallest absolute Gasteiger partial charge is 0.251 e. The third-order valence-corrected chi connectivity index (χ3v) is 3.52. The van der Waals surface area contributed by atoms with Crippen LogP contribution in [0.1, 0.15) is 39.6 Å². The molecule has 0 aliphatic carbocycles. The molecule has 0 heterocycles. The van der Waals surface area contributed by atoms with E-state index in [2.05, 4.69) is 16.7 Å². The van der Waals surface area contributed by atoms with E-state index in [0.29, 0.717) is 41.9 Å². The van der Waals surface area contributed by atoms with E-state index in [1.165, 1.54) is 6.92 Å². The summed E-state index contributed by atoms with van der Waals surface area (Å²) >= 11 is 0. The van der Waals surface area contributed by atoms with Crippen molar-refractivity contribution in [2.75, 3.05) is 18.4 Å². The Morgan fingerprint density at radius 3 is 2.50 bits per heavy atom. The Morgan fingerprint density at radius 1 is 1.08 bits per heavy atom. The van der Waals surface area contributed by atoms with Gasteiger partial charge < -0.3 is 10.6 Å².